The third-order valence-corrected chi connectivity index (χ3v) is 3.74. The van der Waals surface area contributed by atoms with E-state index in [1.807, 2.05) is 6.26 Å². The van der Waals surface area contributed by atoms with Gasteiger partial charge in [-0.05, 0) is 37.7 Å². The zero-order valence-electron chi connectivity index (χ0n) is 10.3. The molecule has 1 N–H and O–H groups in total. The van der Waals surface area contributed by atoms with Gasteiger partial charge in [-0.25, -0.2) is 0 Å². The maximum Gasteiger partial charge on any atom is 0.108 e. The Labute approximate surface area is 103 Å². The monoisotopic (exact) mass is 235 g/mol. The van der Waals surface area contributed by atoms with Crippen molar-refractivity contribution in [3.05, 3.63) is 23.7 Å². The first-order valence-electron chi connectivity index (χ1n) is 6.81. The van der Waals surface area contributed by atoms with Gasteiger partial charge in [0, 0.05) is 31.2 Å². The molecule has 2 aliphatic carbocycles. The minimum absolute atomic E-state index is 0.474. The third-order valence-electron chi connectivity index (χ3n) is 3.74. The summed E-state index contributed by atoms with van der Waals surface area (Å²) in [6.45, 7) is 2.74. The Bertz CT molecular complexity index is 357. The largest absolute Gasteiger partial charge is 0.469 e. The second-order valence-corrected chi connectivity index (χ2v) is 5.22. The molecule has 3 nitrogen and oxygen atoms in total. The molecule has 1 fully saturated rings. The van der Waals surface area contributed by atoms with Crippen molar-refractivity contribution in [2.24, 2.45) is 5.92 Å². The van der Waals surface area contributed by atoms with Crippen LogP contribution in [0.5, 0.6) is 0 Å². The van der Waals surface area contributed by atoms with Crippen LogP contribution in [0.3, 0.4) is 0 Å². The molecule has 0 bridgehead atoms. The van der Waals surface area contributed by atoms with Gasteiger partial charge in [0.15, 0.2) is 0 Å². The molecule has 1 atom stereocenters. The van der Waals surface area contributed by atoms with Crippen molar-refractivity contribution in [2.75, 3.05) is 19.8 Å². The Balaban J connectivity index is 1.40. The molecule has 3 rings (SSSR count). The van der Waals surface area contributed by atoms with E-state index in [-0.39, 0.29) is 0 Å². The van der Waals surface area contributed by atoms with Crippen molar-refractivity contribution < 1.29 is 9.15 Å². The molecule has 94 valence electrons. The smallest absolute Gasteiger partial charge is 0.108 e. The summed E-state index contributed by atoms with van der Waals surface area (Å²) >= 11 is 0. The van der Waals surface area contributed by atoms with Gasteiger partial charge in [0.1, 0.15) is 5.76 Å². The number of aryl methyl sites for hydroxylation is 1. The summed E-state index contributed by atoms with van der Waals surface area (Å²) in [6, 6.07) is 2.58. The number of furan rings is 1. The van der Waals surface area contributed by atoms with Crippen molar-refractivity contribution in [3.63, 3.8) is 0 Å². The van der Waals surface area contributed by atoms with Crippen LogP contribution < -0.4 is 5.32 Å². The molecule has 1 aromatic rings. The number of nitrogens with one attached hydrogen (secondary N) is 1. The molecule has 0 radical (unpaired) electrons. The van der Waals surface area contributed by atoms with Crippen LogP contribution in [0, 0.1) is 5.92 Å². The lowest BCUT2D eigenvalue weighted by Crippen LogP contribution is -2.27. The lowest BCUT2D eigenvalue weighted by molar-refractivity contribution is 0.123. The second-order valence-electron chi connectivity index (χ2n) is 5.22. The average molecular weight is 235 g/mol. The number of rotatable bonds is 6. The normalized spacial score (nSPS) is 23.6. The predicted octanol–water partition coefficient (Wildman–Crippen LogP) is 2.67. The van der Waals surface area contributed by atoms with E-state index in [2.05, 4.69) is 11.4 Å². The van der Waals surface area contributed by atoms with Crippen LogP contribution in [0.1, 0.15) is 43.0 Å². The first-order valence-corrected chi connectivity index (χ1v) is 6.81. The van der Waals surface area contributed by atoms with Gasteiger partial charge in [-0.2, -0.15) is 0 Å². The van der Waals surface area contributed by atoms with Crippen molar-refractivity contribution in [3.8, 4) is 0 Å². The summed E-state index contributed by atoms with van der Waals surface area (Å²) < 4.78 is 11.1. The van der Waals surface area contributed by atoms with Gasteiger partial charge < -0.3 is 14.5 Å². The Morgan fingerprint density at radius 1 is 1.35 bits per heavy atom. The van der Waals surface area contributed by atoms with E-state index in [0.29, 0.717) is 6.04 Å². The highest BCUT2D eigenvalue weighted by atomic mass is 16.5. The molecular weight excluding hydrogens is 214 g/mol. The molecule has 0 saturated heterocycles. The van der Waals surface area contributed by atoms with Gasteiger partial charge in [0.25, 0.3) is 0 Å². The molecule has 1 heterocycles. The van der Waals surface area contributed by atoms with E-state index in [9.17, 15) is 0 Å². The first-order chi connectivity index (χ1) is 8.43. The van der Waals surface area contributed by atoms with Gasteiger partial charge >= 0.3 is 0 Å². The zero-order valence-corrected chi connectivity index (χ0v) is 10.3. The average Bonchev–Trinajstić information content (AvgIpc) is 3.04. The van der Waals surface area contributed by atoms with Crippen molar-refractivity contribution in [1.29, 1.82) is 0 Å². The second kappa shape index (κ2) is 5.23. The maximum absolute atomic E-state index is 5.63. The van der Waals surface area contributed by atoms with Crippen LogP contribution in [0.15, 0.2) is 16.7 Å². The minimum Gasteiger partial charge on any atom is -0.469 e. The molecule has 1 unspecified atom stereocenters. The van der Waals surface area contributed by atoms with Crippen LogP contribution in [-0.4, -0.2) is 19.8 Å². The number of fused-ring (bicyclic) bond motifs is 1. The van der Waals surface area contributed by atoms with Crippen LogP contribution >= 0.6 is 0 Å². The van der Waals surface area contributed by atoms with Crippen LogP contribution in [0.25, 0.3) is 0 Å². The molecule has 17 heavy (non-hydrogen) atoms. The Kier molecular flexibility index (Phi) is 3.48. The summed E-state index contributed by atoms with van der Waals surface area (Å²) in [4.78, 5) is 0. The molecule has 0 amide bonds. The molecule has 0 aliphatic heterocycles. The summed E-state index contributed by atoms with van der Waals surface area (Å²) in [7, 11) is 0. The van der Waals surface area contributed by atoms with E-state index >= 15 is 0 Å². The fraction of sp³-hybridized carbons (Fsp3) is 0.714. The van der Waals surface area contributed by atoms with E-state index in [4.69, 9.17) is 9.15 Å². The SMILES string of the molecule is c1cc2c(o1)CCCC2NCCOCC1CC1. The number of ether oxygens (including phenoxy) is 1. The molecule has 0 spiro atoms. The van der Waals surface area contributed by atoms with Crippen molar-refractivity contribution in [2.45, 2.75) is 38.1 Å². The summed E-state index contributed by atoms with van der Waals surface area (Å²) in [5, 5.41) is 3.57. The third kappa shape index (κ3) is 2.90. The van der Waals surface area contributed by atoms with E-state index in [0.717, 1.165) is 32.1 Å². The summed E-state index contributed by atoms with van der Waals surface area (Å²) in [5.41, 5.74) is 1.36. The van der Waals surface area contributed by atoms with Crippen molar-refractivity contribution >= 4 is 0 Å². The van der Waals surface area contributed by atoms with Gasteiger partial charge in [-0.15, -0.1) is 0 Å². The Morgan fingerprint density at radius 2 is 2.29 bits per heavy atom. The fourth-order valence-corrected chi connectivity index (χ4v) is 2.54. The fourth-order valence-electron chi connectivity index (χ4n) is 2.54. The van der Waals surface area contributed by atoms with Crippen LogP contribution in [-0.2, 0) is 11.2 Å². The van der Waals surface area contributed by atoms with Gasteiger partial charge in [-0.1, -0.05) is 0 Å². The molecular formula is C14H21NO2. The lowest BCUT2D eigenvalue weighted by Gasteiger charge is -2.22. The lowest BCUT2D eigenvalue weighted by atomic mass is 9.93. The summed E-state index contributed by atoms with van der Waals surface area (Å²) in [5.74, 6) is 2.04. The predicted molar refractivity (Wildman–Crippen MR) is 65.9 cm³/mol. The van der Waals surface area contributed by atoms with Crippen molar-refractivity contribution in [1.82, 2.24) is 5.32 Å². The highest BCUT2D eigenvalue weighted by molar-refractivity contribution is 5.23. The standard InChI is InChI=1S/C14H21NO2/c1-2-13(12-6-8-17-14(12)3-1)15-7-9-16-10-11-4-5-11/h6,8,11,13,15H,1-5,7,9-10H2. The number of hydrogen-bond acceptors (Lipinski definition) is 3. The van der Waals surface area contributed by atoms with Gasteiger partial charge in [-0.3, -0.25) is 0 Å². The molecule has 1 saturated carbocycles. The van der Waals surface area contributed by atoms with Gasteiger partial charge in [0.2, 0.25) is 0 Å². The zero-order chi connectivity index (χ0) is 11.5. The van der Waals surface area contributed by atoms with Crippen LogP contribution in [0.2, 0.25) is 0 Å². The topological polar surface area (TPSA) is 34.4 Å². The van der Waals surface area contributed by atoms with E-state index < -0.39 is 0 Å². The first kappa shape index (κ1) is 11.3. The van der Waals surface area contributed by atoms with Gasteiger partial charge in [0.05, 0.1) is 12.9 Å². The molecule has 3 heteroatoms. The van der Waals surface area contributed by atoms with E-state index in [1.54, 1.807) is 0 Å². The molecule has 2 aliphatic rings. The quantitative estimate of drug-likeness (QED) is 0.770. The summed E-state index contributed by atoms with van der Waals surface area (Å²) in [6.07, 6.45) is 8.09. The van der Waals surface area contributed by atoms with E-state index in [1.165, 1.54) is 37.0 Å². The Morgan fingerprint density at radius 3 is 3.18 bits per heavy atom. The maximum atomic E-state index is 5.63. The Hall–Kier alpha value is -0.800. The molecule has 0 aromatic carbocycles. The number of hydrogen-bond donors (Lipinski definition) is 1. The molecule has 1 aromatic heterocycles. The van der Waals surface area contributed by atoms with Crippen LogP contribution in [0.4, 0.5) is 0 Å². The highest BCUT2D eigenvalue weighted by Gasteiger charge is 2.22. The minimum atomic E-state index is 0.474. The highest BCUT2D eigenvalue weighted by Crippen LogP contribution is 2.30.